The van der Waals surface area contributed by atoms with Crippen LogP contribution in [0.25, 0.3) is 0 Å². The van der Waals surface area contributed by atoms with Crippen molar-refractivity contribution in [2.75, 3.05) is 26.4 Å². The highest BCUT2D eigenvalue weighted by atomic mass is 16.7. The van der Waals surface area contributed by atoms with Gasteiger partial charge in [-0.3, -0.25) is 0 Å². The van der Waals surface area contributed by atoms with E-state index in [0.717, 1.165) is 56.3 Å². The highest BCUT2D eigenvalue weighted by Gasteiger charge is 2.18. The van der Waals surface area contributed by atoms with E-state index in [2.05, 4.69) is 38.7 Å². The summed E-state index contributed by atoms with van der Waals surface area (Å²) in [5.41, 5.74) is 1.31. The number of fused-ring (bicyclic) bond motifs is 2. The Bertz CT molecular complexity index is 662. The lowest BCUT2D eigenvalue weighted by Gasteiger charge is -2.23. The molecular weight excluding hydrogens is 292 g/mol. The van der Waals surface area contributed by atoms with Gasteiger partial charge in [0.15, 0.2) is 11.5 Å². The van der Waals surface area contributed by atoms with Crippen molar-refractivity contribution in [1.29, 1.82) is 0 Å². The molecule has 2 aliphatic heterocycles. The summed E-state index contributed by atoms with van der Waals surface area (Å²) in [5.74, 6) is 3.44. The first-order valence-corrected chi connectivity index (χ1v) is 8.25. The fourth-order valence-electron chi connectivity index (χ4n) is 3.44. The second kappa shape index (κ2) is 6.20. The van der Waals surface area contributed by atoms with Gasteiger partial charge in [-0.1, -0.05) is 13.0 Å². The standard InChI is InChI=1S/C17H22N4O2/c1-13(8-14-2-3-15-16(9-14)23-12-22-15)10-20-5-4-17-19-18-11-21(17)7-6-20/h2-3,9,11,13H,4-8,10,12H2,1H3. The molecule has 1 aromatic heterocycles. The Kier molecular flexibility index (Phi) is 3.91. The number of nitrogens with zero attached hydrogens (tertiary/aromatic N) is 4. The van der Waals surface area contributed by atoms with Crippen LogP contribution in [0.3, 0.4) is 0 Å². The average Bonchev–Trinajstić information content (AvgIpc) is 3.15. The van der Waals surface area contributed by atoms with Gasteiger partial charge in [0.1, 0.15) is 12.2 Å². The van der Waals surface area contributed by atoms with Crippen LogP contribution in [0.5, 0.6) is 11.5 Å². The second-order valence-electron chi connectivity index (χ2n) is 6.49. The fourth-order valence-corrected chi connectivity index (χ4v) is 3.44. The molecule has 122 valence electrons. The molecule has 1 aromatic carbocycles. The molecule has 0 aliphatic carbocycles. The molecule has 1 atom stereocenters. The molecule has 0 saturated carbocycles. The maximum Gasteiger partial charge on any atom is 0.231 e. The van der Waals surface area contributed by atoms with Gasteiger partial charge in [-0.25, -0.2) is 0 Å². The molecule has 0 saturated heterocycles. The topological polar surface area (TPSA) is 52.4 Å². The van der Waals surface area contributed by atoms with E-state index in [9.17, 15) is 0 Å². The molecule has 2 aromatic rings. The van der Waals surface area contributed by atoms with Gasteiger partial charge < -0.3 is 18.9 Å². The molecule has 6 nitrogen and oxygen atoms in total. The highest BCUT2D eigenvalue weighted by molar-refractivity contribution is 5.44. The van der Waals surface area contributed by atoms with Crippen molar-refractivity contribution in [3.8, 4) is 11.5 Å². The number of rotatable bonds is 4. The van der Waals surface area contributed by atoms with Crippen molar-refractivity contribution in [3.63, 3.8) is 0 Å². The molecule has 0 spiro atoms. The zero-order chi connectivity index (χ0) is 15.6. The maximum absolute atomic E-state index is 5.47. The van der Waals surface area contributed by atoms with E-state index in [-0.39, 0.29) is 0 Å². The number of aromatic nitrogens is 3. The Labute approximate surface area is 136 Å². The summed E-state index contributed by atoms with van der Waals surface area (Å²) in [5, 5.41) is 8.18. The number of hydrogen-bond acceptors (Lipinski definition) is 5. The molecule has 0 radical (unpaired) electrons. The summed E-state index contributed by atoms with van der Waals surface area (Å²) < 4.78 is 13.0. The van der Waals surface area contributed by atoms with Gasteiger partial charge in [0.25, 0.3) is 0 Å². The molecule has 0 fully saturated rings. The first-order chi connectivity index (χ1) is 11.3. The van der Waals surface area contributed by atoms with Crippen LogP contribution in [0.1, 0.15) is 18.3 Å². The lowest BCUT2D eigenvalue weighted by Crippen LogP contribution is -2.32. The van der Waals surface area contributed by atoms with Gasteiger partial charge in [-0.15, -0.1) is 10.2 Å². The average molecular weight is 314 g/mol. The summed E-state index contributed by atoms with van der Waals surface area (Å²) in [7, 11) is 0. The zero-order valence-electron chi connectivity index (χ0n) is 13.4. The number of benzene rings is 1. The minimum absolute atomic E-state index is 0.339. The molecule has 4 rings (SSSR count). The van der Waals surface area contributed by atoms with Gasteiger partial charge in [-0.05, 0) is 30.0 Å². The van der Waals surface area contributed by atoms with Gasteiger partial charge in [0.2, 0.25) is 6.79 Å². The van der Waals surface area contributed by atoms with Crippen molar-refractivity contribution in [3.05, 3.63) is 35.9 Å². The van der Waals surface area contributed by atoms with Crippen molar-refractivity contribution in [1.82, 2.24) is 19.7 Å². The largest absolute Gasteiger partial charge is 0.454 e. The quantitative estimate of drug-likeness (QED) is 0.860. The van der Waals surface area contributed by atoms with Crippen LogP contribution in [-0.2, 0) is 19.4 Å². The van der Waals surface area contributed by atoms with E-state index in [4.69, 9.17) is 9.47 Å². The Hall–Kier alpha value is -2.08. The van der Waals surface area contributed by atoms with Crippen LogP contribution >= 0.6 is 0 Å². The van der Waals surface area contributed by atoms with E-state index >= 15 is 0 Å². The Balaban J connectivity index is 1.33. The Morgan fingerprint density at radius 1 is 1.17 bits per heavy atom. The van der Waals surface area contributed by atoms with Crippen LogP contribution in [0.15, 0.2) is 24.5 Å². The molecular formula is C17H22N4O2. The first-order valence-electron chi connectivity index (χ1n) is 8.25. The number of hydrogen-bond donors (Lipinski definition) is 0. The highest BCUT2D eigenvalue weighted by Crippen LogP contribution is 2.33. The van der Waals surface area contributed by atoms with Gasteiger partial charge in [0, 0.05) is 32.6 Å². The van der Waals surface area contributed by atoms with Gasteiger partial charge >= 0.3 is 0 Å². The molecule has 0 bridgehead atoms. The molecule has 3 heterocycles. The summed E-state index contributed by atoms with van der Waals surface area (Å²) >= 11 is 0. The monoisotopic (exact) mass is 314 g/mol. The predicted octanol–water partition coefficient (Wildman–Crippen LogP) is 1.74. The fraction of sp³-hybridized carbons (Fsp3) is 0.529. The second-order valence-corrected chi connectivity index (χ2v) is 6.49. The SMILES string of the molecule is CC(Cc1ccc2c(c1)OCO2)CN1CCc2nncn2CC1. The van der Waals surface area contributed by atoms with E-state index in [1.807, 2.05) is 12.4 Å². The Morgan fingerprint density at radius 3 is 3.04 bits per heavy atom. The third kappa shape index (κ3) is 3.17. The van der Waals surface area contributed by atoms with E-state index in [0.29, 0.717) is 12.7 Å². The summed E-state index contributed by atoms with van der Waals surface area (Å²) in [6.07, 6.45) is 3.88. The predicted molar refractivity (Wildman–Crippen MR) is 85.6 cm³/mol. The zero-order valence-corrected chi connectivity index (χ0v) is 13.4. The molecule has 0 amide bonds. The minimum Gasteiger partial charge on any atom is -0.454 e. The summed E-state index contributed by atoms with van der Waals surface area (Å²) in [4.78, 5) is 2.53. The van der Waals surface area contributed by atoms with Gasteiger partial charge in [-0.2, -0.15) is 0 Å². The smallest absolute Gasteiger partial charge is 0.231 e. The van der Waals surface area contributed by atoms with E-state index in [1.54, 1.807) is 0 Å². The minimum atomic E-state index is 0.339. The molecule has 1 unspecified atom stereocenters. The normalized spacial score (nSPS) is 18.5. The maximum atomic E-state index is 5.47. The van der Waals surface area contributed by atoms with Crippen LogP contribution in [0.4, 0.5) is 0 Å². The summed E-state index contributed by atoms with van der Waals surface area (Å²) in [6.45, 7) is 6.87. The summed E-state index contributed by atoms with van der Waals surface area (Å²) in [6, 6.07) is 6.28. The lowest BCUT2D eigenvalue weighted by atomic mass is 10.00. The van der Waals surface area contributed by atoms with E-state index < -0.39 is 0 Å². The van der Waals surface area contributed by atoms with Crippen LogP contribution in [0, 0.1) is 5.92 Å². The third-order valence-electron chi connectivity index (χ3n) is 4.60. The number of ether oxygens (including phenoxy) is 2. The molecule has 0 N–H and O–H groups in total. The first kappa shape index (κ1) is 14.5. The van der Waals surface area contributed by atoms with Crippen LogP contribution in [-0.4, -0.2) is 46.1 Å². The third-order valence-corrected chi connectivity index (χ3v) is 4.60. The molecule has 6 heteroatoms. The van der Waals surface area contributed by atoms with E-state index in [1.165, 1.54) is 5.56 Å². The van der Waals surface area contributed by atoms with Crippen molar-refractivity contribution in [2.45, 2.75) is 26.3 Å². The Morgan fingerprint density at radius 2 is 2.09 bits per heavy atom. The molecule has 23 heavy (non-hydrogen) atoms. The van der Waals surface area contributed by atoms with Crippen LogP contribution < -0.4 is 9.47 Å². The van der Waals surface area contributed by atoms with Crippen molar-refractivity contribution < 1.29 is 9.47 Å². The molecule has 2 aliphatic rings. The van der Waals surface area contributed by atoms with Crippen molar-refractivity contribution >= 4 is 0 Å². The van der Waals surface area contributed by atoms with Crippen molar-refractivity contribution in [2.24, 2.45) is 5.92 Å². The van der Waals surface area contributed by atoms with Crippen LogP contribution in [0.2, 0.25) is 0 Å². The van der Waals surface area contributed by atoms with Gasteiger partial charge in [0.05, 0.1) is 0 Å². The lowest BCUT2D eigenvalue weighted by molar-refractivity contribution is 0.174.